The lowest BCUT2D eigenvalue weighted by molar-refractivity contribution is -0.209. The first-order valence-corrected chi connectivity index (χ1v) is 9.98. The number of aliphatic hydroxyl groups excluding tert-OH is 1. The predicted molar refractivity (Wildman–Crippen MR) is 104 cm³/mol. The van der Waals surface area contributed by atoms with Gasteiger partial charge < -0.3 is 9.84 Å². The Hall–Kier alpha value is -3.61. The van der Waals surface area contributed by atoms with Crippen molar-refractivity contribution in [3.63, 3.8) is 0 Å². The van der Waals surface area contributed by atoms with Crippen LogP contribution in [0.15, 0.2) is 36.5 Å². The van der Waals surface area contributed by atoms with Crippen LogP contribution in [0.1, 0.15) is 18.9 Å². The lowest BCUT2D eigenvalue weighted by Crippen LogP contribution is -2.44. The Labute approximate surface area is 183 Å². The second-order valence-corrected chi connectivity index (χ2v) is 7.75. The Balaban J connectivity index is 1.34. The van der Waals surface area contributed by atoms with Gasteiger partial charge in [0.05, 0.1) is 18.3 Å². The van der Waals surface area contributed by atoms with Crippen LogP contribution in [-0.2, 0) is 4.74 Å². The van der Waals surface area contributed by atoms with Gasteiger partial charge in [0.25, 0.3) is 6.36 Å². The van der Waals surface area contributed by atoms with E-state index in [4.69, 9.17) is 5.11 Å². The van der Waals surface area contributed by atoms with Crippen LogP contribution in [0.4, 0.5) is 28.0 Å². The summed E-state index contributed by atoms with van der Waals surface area (Å²) >= 11 is 0. The van der Waals surface area contributed by atoms with E-state index >= 15 is 0 Å². The van der Waals surface area contributed by atoms with Crippen LogP contribution in [0.5, 0.6) is 0 Å². The third kappa shape index (κ3) is 3.88. The third-order valence-electron chi connectivity index (χ3n) is 5.43. The molecule has 3 aromatic rings. The molecule has 2 aliphatic rings. The Bertz CT molecular complexity index is 1200. The van der Waals surface area contributed by atoms with E-state index in [0.717, 1.165) is 23.8 Å². The molecule has 0 bridgehead atoms. The lowest BCUT2D eigenvalue weighted by atomic mass is 10.1. The Morgan fingerprint density at radius 3 is 2.64 bits per heavy atom. The first-order chi connectivity index (χ1) is 15.7. The molecule has 13 heteroatoms. The molecule has 2 atom stereocenters. The highest BCUT2D eigenvalue weighted by Crippen LogP contribution is 2.35. The molecule has 2 aromatic heterocycles. The summed E-state index contributed by atoms with van der Waals surface area (Å²) in [7, 11) is 0. The van der Waals surface area contributed by atoms with E-state index in [9.17, 15) is 22.4 Å². The van der Waals surface area contributed by atoms with Crippen LogP contribution in [0.2, 0.25) is 0 Å². The molecule has 0 unspecified atom stereocenters. The number of nitrogens with zero attached hydrogens (tertiary/aromatic N) is 6. The molecule has 1 saturated carbocycles. The number of benzene rings is 1. The summed E-state index contributed by atoms with van der Waals surface area (Å²) in [5, 5.41) is 20.8. The van der Waals surface area contributed by atoms with Gasteiger partial charge in [0, 0.05) is 17.3 Å². The van der Waals surface area contributed by atoms with E-state index in [1.54, 1.807) is 16.9 Å². The van der Waals surface area contributed by atoms with E-state index in [-0.39, 0.29) is 17.3 Å². The second-order valence-electron chi connectivity index (χ2n) is 7.75. The highest BCUT2D eigenvalue weighted by atomic mass is 19.3. The number of carbonyl (C=O) groups excluding carboxylic acids is 1. The van der Waals surface area contributed by atoms with Gasteiger partial charge in [0.15, 0.2) is 6.10 Å². The van der Waals surface area contributed by atoms with Crippen molar-refractivity contribution in [3.05, 3.63) is 42.3 Å². The van der Waals surface area contributed by atoms with Gasteiger partial charge >= 0.3 is 12.0 Å². The molecular weight excluding hydrogens is 448 g/mol. The molecule has 0 spiro atoms. The summed E-state index contributed by atoms with van der Waals surface area (Å²) in [6, 6.07) is 7.16. The van der Waals surface area contributed by atoms with Crippen LogP contribution < -0.4 is 4.90 Å². The molecule has 1 aliphatic heterocycles. The Morgan fingerprint density at radius 2 is 2.00 bits per heavy atom. The molecule has 1 N–H and O–H groups in total. The number of pyridine rings is 1. The van der Waals surface area contributed by atoms with Gasteiger partial charge in [-0.3, -0.25) is 9.88 Å². The van der Waals surface area contributed by atoms with Crippen molar-refractivity contribution in [3.8, 4) is 22.6 Å². The van der Waals surface area contributed by atoms with E-state index in [2.05, 4.69) is 25.1 Å². The fourth-order valence-corrected chi connectivity index (χ4v) is 3.41. The standard InChI is InChI=1S/C20H16F4N6O3/c21-14-7-12(29-9-16(33-19(29)32)20(23,24)18(22)31)4-5-13(14)10-1-6-15(25-8-10)17-26-28-30(27-17)11-2-3-11/h1,4-8,11,16,18,31H,2-3,9H2/t16-,18+/m0/s1. The number of aliphatic hydroxyl groups is 1. The molecular formula is C20H16F4N6O3. The number of cyclic esters (lactones) is 1. The van der Waals surface area contributed by atoms with Crippen LogP contribution in [0, 0.1) is 5.82 Å². The van der Waals surface area contributed by atoms with Crippen LogP contribution >= 0.6 is 0 Å². The molecule has 9 nitrogen and oxygen atoms in total. The monoisotopic (exact) mass is 464 g/mol. The predicted octanol–water partition coefficient (Wildman–Crippen LogP) is 3.12. The van der Waals surface area contributed by atoms with Crippen LogP contribution in [0.25, 0.3) is 22.6 Å². The van der Waals surface area contributed by atoms with Crippen molar-refractivity contribution in [2.45, 2.75) is 37.3 Å². The van der Waals surface area contributed by atoms with Crippen molar-refractivity contribution < 1.29 is 32.2 Å². The molecule has 0 radical (unpaired) electrons. The summed E-state index contributed by atoms with van der Waals surface area (Å²) in [5.41, 5.74) is 0.982. The Morgan fingerprint density at radius 1 is 1.21 bits per heavy atom. The maximum Gasteiger partial charge on any atom is 0.414 e. The van der Waals surface area contributed by atoms with E-state index in [1.165, 1.54) is 18.3 Å². The van der Waals surface area contributed by atoms with Crippen LogP contribution in [-0.4, -0.2) is 61.3 Å². The zero-order valence-corrected chi connectivity index (χ0v) is 16.8. The first-order valence-electron chi connectivity index (χ1n) is 9.98. The summed E-state index contributed by atoms with van der Waals surface area (Å²) in [5.74, 6) is -4.69. The number of hydrogen-bond donors (Lipinski definition) is 1. The van der Waals surface area contributed by atoms with Crippen molar-refractivity contribution in [1.82, 2.24) is 25.2 Å². The molecule has 5 rings (SSSR count). The first kappa shape index (κ1) is 21.2. The number of halogens is 4. The maximum atomic E-state index is 14.8. The Kier molecular flexibility index (Phi) is 5.00. The summed E-state index contributed by atoms with van der Waals surface area (Å²) < 4.78 is 59.4. The molecule has 1 aliphatic carbocycles. The number of alkyl halides is 3. The molecule has 1 saturated heterocycles. The minimum absolute atomic E-state index is 0.0571. The molecule has 1 amide bonds. The molecule has 2 fully saturated rings. The number of anilines is 1. The average molecular weight is 464 g/mol. The SMILES string of the molecule is O=C1O[C@H](C(F)(F)[C@@H](O)F)CN1c1ccc(-c2ccc(-c3nnn(C4CC4)n3)nc2)c(F)c1. The number of tetrazole rings is 1. The normalized spacial score (nSPS) is 19.6. The summed E-state index contributed by atoms with van der Waals surface area (Å²) in [6.45, 7) is -0.754. The van der Waals surface area contributed by atoms with Crippen molar-refractivity contribution in [2.24, 2.45) is 0 Å². The second kappa shape index (κ2) is 7.76. The number of carbonyl (C=O) groups is 1. The van der Waals surface area contributed by atoms with Gasteiger partial charge in [0.2, 0.25) is 5.82 Å². The number of hydrogen-bond acceptors (Lipinski definition) is 7. The highest BCUT2D eigenvalue weighted by molar-refractivity contribution is 5.90. The van der Waals surface area contributed by atoms with Crippen LogP contribution in [0.3, 0.4) is 0 Å². The summed E-state index contributed by atoms with van der Waals surface area (Å²) in [4.78, 5) is 18.5. The van der Waals surface area contributed by atoms with E-state index in [1.807, 2.05) is 0 Å². The number of ether oxygens (including phenoxy) is 1. The zero-order chi connectivity index (χ0) is 23.3. The maximum absolute atomic E-state index is 14.8. The minimum Gasteiger partial charge on any atom is -0.437 e. The fourth-order valence-electron chi connectivity index (χ4n) is 3.41. The van der Waals surface area contributed by atoms with Gasteiger partial charge in [0.1, 0.15) is 11.5 Å². The zero-order valence-electron chi connectivity index (χ0n) is 16.8. The average Bonchev–Trinajstić information content (AvgIpc) is 3.38. The van der Waals surface area contributed by atoms with Gasteiger partial charge in [-0.25, -0.2) is 13.6 Å². The van der Waals surface area contributed by atoms with Crippen molar-refractivity contribution >= 4 is 11.8 Å². The third-order valence-corrected chi connectivity index (χ3v) is 5.43. The van der Waals surface area contributed by atoms with Gasteiger partial charge in [-0.15, -0.1) is 10.2 Å². The molecule has 1 aromatic carbocycles. The van der Waals surface area contributed by atoms with Gasteiger partial charge in [-0.1, -0.05) is 6.07 Å². The quantitative estimate of drug-likeness (QED) is 0.559. The number of aromatic nitrogens is 5. The largest absolute Gasteiger partial charge is 0.437 e. The highest BCUT2D eigenvalue weighted by Gasteiger charge is 2.54. The van der Waals surface area contributed by atoms with Crippen molar-refractivity contribution in [1.29, 1.82) is 0 Å². The van der Waals surface area contributed by atoms with Crippen molar-refractivity contribution in [2.75, 3.05) is 11.4 Å². The fraction of sp³-hybridized carbons (Fsp3) is 0.350. The van der Waals surface area contributed by atoms with E-state index < -0.39 is 36.8 Å². The van der Waals surface area contributed by atoms with Gasteiger partial charge in [-0.2, -0.15) is 13.6 Å². The van der Waals surface area contributed by atoms with E-state index in [0.29, 0.717) is 17.1 Å². The smallest absolute Gasteiger partial charge is 0.414 e. The number of amides is 1. The van der Waals surface area contributed by atoms with Gasteiger partial charge in [-0.05, 0) is 42.3 Å². The summed E-state index contributed by atoms with van der Waals surface area (Å²) in [6.07, 6.45) is -3.48. The topological polar surface area (TPSA) is 106 Å². The molecule has 33 heavy (non-hydrogen) atoms. The lowest BCUT2D eigenvalue weighted by Gasteiger charge is -2.21. The number of rotatable bonds is 6. The minimum atomic E-state index is -4.30. The molecule has 3 heterocycles. The molecule has 172 valence electrons.